The van der Waals surface area contributed by atoms with Crippen LogP contribution in [0.15, 0.2) is 0 Å². The van der Waals surface area contributed by atoms with Crippen molar-refractivity contribution in [3.8, 4) is 0 Å². The Morgan fingerprint density at radius 2 is 1.84 bits per heavy atom. The number of amides is 1. The molecule has 0 radical (unpaired) electrons. The lowest BCUT2D eigenvalue weighted by Crippen LogP contribution is -2.46. The van der Waals surface area contributed by atoms with Crippen LogP contribution in [0.25, 0.3) is 0 Å². The molecule has 1 heterocycles. The van der Waals surface area contributed by atoms with Crippen molar-refractivity contribution in [2.45, 2.75) is 76.8 Å². The molecule has 2 N–H and O–H groups in total. The van der Waals surface area contributed by atoms with Gasteiger partial charge in [-0.3, -0.25) is 4.79 Å². The van der Waals surface area contributed by atoms with Crippen LogP contribution in [0.2, 0.25) is 0 Å². The molecule has 2 atom stereocenters. The van der Waals surface area contributed by atoms with Crippen molar-refractivity contribution in [2.24, 2.45) is 5.92 Å². The Labute approximate surface area is 123 Å². The quantitative estimate of drug-likeness (QED) is 0.784. The number of halogens is 1. The Bertz CT molecular complexity index is 259. The topological polar surface area (TPSA) is 41.1 Å². The third kappa shape index (κ3) is 6.13. The van der Waals surface area contributed by atoms with Crippen LogP contribution >= 0.6 is 12.4 Å². The minimum atomic E-state index is 0. The van der Waals surface area contributed by atoms with Crippen LogP contribution in [-0.4, -0.2) is 24.5 Å². The first-order valence-electron chi connectivity index (χ1n) is 7.77. The molecule has 0 spiro atoms. The van der Waals surface area contributed by atoms with E-state index >= 15 is 0 Å². The van der Waals surface area contributed by atoms with Gasteiger partial charge in [-0.25, -0.2) is 0 Å². The van der Waals surface area contributed by atoms with Crippen molar-refractivity contribution in [2.75, 3.05) is 6.54 Å². The van der Waals surface area contributed by atoms with Crippen molar-refractivity contribution >= 4 is 18.3 Å². The fraction of sp³-hybridized carbons (Fsp3) is 0.933. The fourth-order valence-electron chi connectivity index (χ4n) is 3.38. The third-order valence-electron chi connectivity index (χ3n) is 4.44. The smallest absolute Gasteiger partial charge is 0.220 e. The van der Waals surface area contributed by atoms with Crippen LogP contribution in [0.4, 0.5) is 0 Å². The molecule has 1 saturated carbocycles. The second kappa shape index (κ2) is 8.80. The highest BCUT2D eigenvalue weighted by Gasteiger charge is 2.22. The summed E-state index contributed by atoms with van der Waals surface area (Å²) in [6.45, 7) is 3.24. The average Bonchev–Trinajstić information content (AvgIpc) is 2.57. The molecule has 4 heteroatoms. The Balaban J connectivity index is 0.00000180. The van der Waals surface area contributed by atoms with Gasteiger partial charge in [0.25, 0.3) is 0 Å². The first kappa shape index (κ1) is 16.8. The molecular weight excluding hydrogens is 260 g/mol. The van der Waals surface area contributed by atoms with Crippen molar-refractivity contribution in [3.63, 3.8) is 0 Å². The maximum Gasteiger partial charge on any atom is 0.220 e. The SMILES string of the molecule is CC1CC(NC(=O)CC2CCCCCC2)CCN1.Cl. The summed E-state index contributed by atoms with van der Waals surface area (Å²) in [6.07, 6.45) is 10.8. The lowest BCUT2D eigenvalue weighted by atomic mass is 9.95. The Kier molecular flexibility index (Phi) is 7.77. The second-order valence-electron chi connectivity index (χ2n) is 6.21. The lowest BCUT2D eigenvalue weighted by Gasteiger charge is -2.29. The summed E-state index contributed by atoms with van der Waals surface area (Å²) in [5.41, 5.74) is 0. The molecule has 2 fully saturated rings. The third-order valence-corrected chi connectivity index (χ3v) is 4.44. The molecule has 0 bridgehead atoms. The predicted molar refractivity (Wildman–Crippen MR) is 81.7 cm³/mol. The molecular formula is C15H29ClN2O. The zero-order valence-corrected chi connectivity index (χ0v) is 12.9. The van der Waals surface area contributed by atoms with E-state index in [0.29, 0.717) is 23.9 Å². The molecule has 2 rings (SSSR count). The average molecular weight is 289 g/mol. The zero-order chi connectivity index (χ0) is 12.8. The Morgan fingerprint density at radius 1 is 1.16 bits per heavy atom. The normalized spacial score (nSPS) is 29.1. The first-order valence-corrected chi connectivity index (χ1v) is 7.77. The van der Waals surface area contributed by atoms with Crippen molar-refractivity contribution in [1.29, 1.82) is 0 Å². The molecule has 0 aromatic carbocycles. The molecule has 1 aliphatic carbocycles. The highest BCUT2D eigenvalue weighted by atomic mass is 35.5. The minimum Gasteiger partial charge on any atom is -0.353 e. The lowest BCUT2D eigenvalue weighted by molar-refractivity contribution is -0.123. The molecule has 0 aromatic rings. The highest BCUT2D eigenvalue weighted by molar-refractivity contribution is 5.85. The zero-order valence-electron chi connectivity index (χ0n) is 12.1. The van der Waals surface area contributed by atoms with Crippen LogP contribution in [0.5, 0.6) is 0 Å². The van der Waals surface area contributed by atoms with Crippen LogP contribution in [0.3, 0.4) is 0 Å². The van der Waals surface area contributed by atoms with E-state index in [1.807, 2.05) is 0 Å². The molecule has 1 saturated heterocycles. The van der Waals surface area contributed by atoms with Crippen molar-refractivity contribution in [3.05, 3.63) is 0 Å². The summed E-state index contributed by atoms with van der Waals surface area (Å²) in [7, 11) is 0. The molecule has 3 nitrogen and oxygen atoms in total. The monoisotopic (exact) mass is 288 g/mol. The maximum absolute atomic E-state index is 12.1. The summed E-state index contributed by atoms with van der Waals surface area (Å²) >= 11 is 0. The van der Waals surface area contributed by atoms with Gasteiger partial charge in [0.05, 0.1) is 0 Å². The molecule has 1 aliphatic heterocycles. The van der Waals surface area contributed by atoms with Crippen LogP contribution in [0.1, 0.15) is 64.7 Å². The second-order valence-corrected chi connectivity index (χ2v) is 6.21. The van der Waals surface area contributed by atoms with Gasteiger partial charge in [0.15, 0.2) is 0 Å². The molecule has 112 valence electrons. The number of rotatable bonds is 3. The van der Waals surface area contributed by atoms with Crippen LogP contribution < -0.4 is 10.6 Å². The molecule has 1 amide bonds. The van der Waals surface area contributed by atoms with Gasteiger partial charge in [-0.05, 0) is 45.1 Å². The number of hydrogen-bond acceptors (Lipinski definition) is 2. The molecule has 2 unspecified atom stereocenters. The summed E-state index contributed by atoms with van der Waals surface area (Å²) in [5, 5.41) is 6.66. The van der Waals surface area contributed by atoms with Crippen molar-refractivity contribution < 1.29 is 4.79 Å². The highest BCUT2D eigenvalue weighted by Crippen LogP contribution is 2.25. The number of carbonyl (C=O) groups excluding carboxylic acids is 1. The van der Waals surface area contributed by atoms with Gasteiger partial charge >= 0.3 is 0 Å². The van der Waals surface area contributed by atoms with Gasteiger partial charge in [-0.15, -0.1) is 12.4 Å². The van der Waals surface area contributed by atoms with Gasteiger partial charge in [-0.2, -0.15) is 0 Å². The largest absolute Gasteiger partial charge is 0.353 e. The van der Waals surface area contributed by atoms with Crippen LogP contribution in [-0.2, 0) is 4.79 Å². The van der Waals surface area contributed by atoms with E-state index in [1.54, 1.807) is 0 Å². The fourth-order valence-corrected chi connectivity index (χ4v) is 3.38. The molecule has 2 aliphatic rings. The van der Waals surface area contributed by atoms with E-state index in [1.165, 1.54) is 38.5 Å². The minimum absolute atomic E-state index is 0. The number of nitrogens with one attached hydrogen (secondary N) is 2. The van der Waals surface area contributed by atoms with Gasteiger partial charge in [0, 0.05) is 18.5 Å². The van der Waals surface area contributed by atoms with Crippen molar-refractivity contribution in [1.82, 2.24) is 10.6 Å². The van der Waals surface area contributed by atoms with Gasteiger partial charge in [-0.1, -0.05) is 25.7 Å². The van der Waals surface area contributed by atoms with Gasteiger partial charge < -0.3 is 10.6 Å². The summed E-state index contributed by atoms with van der Waals surface area (Å²) in [4.78, 5) is 12.1. The standard InChI is InChI=1S/C15H28N2O.ClH/c1-12-10-14(8-9-16-12)17-15(18)11-13-6-4-2-3-5-7-13;/h12-14,16H,2-11H2,1H3,(H,17,18);1H. The maximum atomic E-state index is 12.1. The van der Waals surface area contributed by atoms with Crippen LogP contribution in [0, 0.1) is 5.92 Å². The summed E-state index contributed by atoms with van der Waals surface area (Å²) < 4.78 is 0. The Morgan fingerprint density at radius 3 is 2.47 bits per heavy atom. The number of piperidine rings is 1. The van der Waals surface area contributed by atoms with E-state index in [0.717, 1.165) is 25.8 Å². The molecule has 0 aromatic heterocycles. The van der Waals surface area contributed by atoms with E-state index in [-0.39, 0.29) is 12.4 Å². The van der Waals surface area contributed by atoms with Gasteiger partial charge in [0.1, 0.15) is 0 Å². The number of carbonyl (C=O) groups is 1. The predicted octanol–water partition coefficient (Wildman–Crippen LogP) is 3.03. The van der Waals surface area contributed by atoms with Gasteiger partial charge in [0.2, 0.25) is 5.91 Å². The molecule has 19 heavy (non-hydrogen) atoms. The van der Waals surface area contributed by atoms with E-state index < -0.39 is 0 Å². The van der Waals surface area contributed by atoms with E-state index in [4.69, 9.17) is 0 Å². The Hall–Kier alpha value is -0.280. The first-order chi connectivity index (χ1) is 8.74. The summed E-state index contributed by atoms with van der Waals surface area (Å²) in [5.74, 6) is 0.938. The van der Waals surface area contributed by atoms with E-state index in [2.05, 4.69) is 17.6 Å². The number of hydrogen-bond donors (Lipinski definition) is 2. The summed E-state index contributed by atoms with van der Waals surface area (Å²) in [6, 6.07) is 0.946. The van der Waals surface area contributed by atoms with E-state index in [9.17, 15) is 4.79 Å².